The fourth-order valence-electron chi connectivity index (χ4n) is 2.34. The Kier molecular flexibility index (Phi) is 4.92. The molecule has 3 rings (SSSR count). The van der Waals surface area contributed by atoms with Gasteiger partial charge in [-0.3, -0.25) is 9.59 Å². The Morgan fingerprint density at radius 3 is 2.62 bits per heavy atom. The van der Waals surface area contributed by atoms with Crippen molar-refractivity contribution in [1.82, 2.24) is 0 Å². The molecule has 0 saturated heterocycles. The summed E-state index contributed by atoms with van der Waals surface area (Å²) in [6.07, 6.45) is 0.137. The minimum atomic E-state index is -0.396. The zero-order valence-corrected chi connectivity index (χ0v) is 14.9. The molecule has 0 aliphatic carbocycles. The lowest BCUT2D eigenvalue weighted by atomic mass is 10.2. The molecular formula is C17H16NO4S2+. The Labute approximate surface area is 147 Å². The third kappa shape index (κ3) is 3.32. The van der Waals surface area contributed by atoms with Crippen LogP contribution in [0.4, 0.5) is 0 Å². The Morgan fingerprint density at radius 2 is 1.96 bits per heavy atom. The van der Waals surface area contributed by atoms with Gasteiger partial charge in [0.25, 0.3) is 0 Å². The van der Waals surface area contributed by atoms with Gasteiger partial charge in [0.15, 0.2) is 4.88 Å². The highest BCUT2D eigenvalue weighted by Crippen LogP contribution is 2.37. The Hall–Kier alpha value is -2.25. The van der Waals surface area contributed by atoms with Crippen LogP contribution < -0.4 is 9.14 Å². The zero-order chi connectivity index (χ0) is 17.1. The normalized spacial score (nSPS) is 10.8. The van der Waals surface area contributed by atoms with E-state index < -0.39 is 5.97 Å². The number of rotatable bonds is 5. The Morgan fingerprint density at radius 1 is 1.21 bits per heavy atom. The smallest absolute Gasteiger partial charge is 0.401 e. The van der Waals surface area contributed by atoms with Gasteiger partial charge in [-0.2, -0.15) is 0 Å². The second-order valence-corrected chi connectivity index (χ2v) is 7.12. The molecule has 7 heteroatoms. The first-order valence-electron chi connectivity index (χ1n) is 7.44. The van der Waals surface area contributed by atoms with E-state index in [9.17, 15) is 9.59 Å². The number of fused-ring (bicyclic) bond motifs is 1. The monoisotopic (exact) mass is 362 g/mol. The molecule has 2 heterocycles. The summed E-state index contributed by atoms with van der Waals surface area (Å²) in [6.45, 7) is 3.49. The fourth-order valence-corrected chi connectivity index (χ4v) is 4.60. The van der Waals surface area contributed by atoms with Gasteiger partial charge in [-0.1, -0.05) is 41.7 Å². The Bertz CT molecular complexity index is 883. The van der Waals surface area contributed by atoms with Gasteiger partial charge in [0.05, 0.1) is 12.0 Å². The maximum Gasteiger partial charge on any atom is 0.401 e. The first kappa shape index (κ1) is 16.6. The van der Waals surface area contributed by atoms with Crippen molar-refractivity contribution < 1.29 is 23.5 Å². The van der Waals surface area contributed by atoms with Crippen LogP contribution >= 0.6 is 22.7 Å². The summed E-state index contributed by atoms with van der Waals surface area (Å²) in [5, 5.41) is 1.89. The maximum absolute atomic E-state index is 11.8. The van der Waals surface area contributed by atoms with E-state index in [2.05, 4.69) is 0 Å². The molecule has 124 valence electrons. The lowest BCUT2D eigenvalue weighted by molar-refractivity contribution is -0.519. The molecule has 0 amide bonds. The van der Waals surface area contributed by atoms with Gasteiger partial charge in [-0.15, -0.1) is 4.40 Å². The lowest BCUT2D eigenvalue weighted by Crippen LogP contribution is -2.28. The molecule has 2 aromatic heterocycles. The van der Waals surface area contributed by atoms with Crippen LogP contribution in [-0.2, 0) is 20.7 Å². The number of thiazole rings is 2. The molecule has 0 saturated carbocycles. The van der Waals surface area contributed by atoms with E-state index in [1.54, 1.807) is 6.92 Å². The molecule has 0 atom stereocenters. The van der Waals surface area contributed by atoms with Gasteiger partial charge in [-0.05, 0) is 18.3 Å². The molecule has 0 bridgehead atoms. The summed E-state index contributed by atoms with van der Waals surface area (Å²) in [6, 6.07) is 9.74. The van der Waals surface area contributed by atoms with Crippen LogP contribution in [-0.4, -0.2) is 18.5 Å². The number of hydrogen-bond donors (Lipinski definition) is 0. The largest absolute Gasteiger partial charge is 0.466 e. The van der Waals surface area contributed by atoms with Gasteiger partial charge in [0.2, 0.25) is 5.69 Å². The van der Waals surface area contributed by atoms with Crippen LogP contribution in [0, 0.1) is 0 Å². The minimum absolute atomic E-state index is 0.137. The standard InChI is InChI=1S/C17H16NO4S2/c1-3-21-14(20)9-13-10-23-17-18(13)16(22-11(2)19)15(24-17)12-7-5-4-6-8-12/h4-8,10H,3,9H2,1-2H3/q+1. The molecule has 5 nitrogen and oxygen atoms in total. The first-order chi connectivity index (χ1) is 11.6. The molecule has 0 spiro atoms. The summed E-state index contributed by atoms with van der Waals surface area (Å²) < 4.78 is 13.3. The molecule has 0 aliphatic rings. The van der Waals surface area contributed by atoms with Crippen LogP contribution in [0.25, 0.3) is 14.6 Å². The lowest BCUT2D eigenvalue weighted by Gasteiger charge is -2.00. The van der Waals surface area contributed by atoms with Crippen LogP contribution in [0.2, 0.25) is 0 Å². The molecule has 0 N–H and O–H groups in total. The van der Waals surface area contributed by atoms with Crippen LogP contribution in [0.15, 0.2) is 35.7 Å². The van der Waals surface area contributed by atoms with E-state index in [0.717, 1.165) is 20.3 Å². The predicted octanol–water partition coefficient (Wildman–Crippen LogP) is 3.25. The molecule has 0 radical (unpaired) electrons. The average molecular weight is 362 g/mol. The van der Waals surface area contributed by atoms with E-state index >= 15 is 0 Å². The predicted molar refractivity (Wildman–Crippen MR) is 92.4 cm³/mol. The minimum Gasteiger partial charge on any atom is -0.466 e. The Balaban J connectivity index is 2.11. The summed E-state index contributed by atoms with van der Waals surface area (Å²) in [7, 11) is 0. The van der Waals surface area contributed by atoms with E-state index in [-0.39, 0.29) is 12.4 Å². The van der Waals surface area contributed by atoms with Crippen molar-refractivity contribution >= 4 is 38.8 Å². The van der Waals surface area contributed by atoms with Crippen LogP contribution in [0.5, 0.6) is 5.88 Å². The molecule has 1 aromatic carbocycles. The van der Waals surface area contributed by atoms with E-state index in [1.165, 1.54) is 29.6 Å². The fraction of sp³-hybridized carbons (Fsp3) is 0.235. The molecule has 0 aliphatic heterocycles. The molecule has 0 fully saturated rings. The number of ether oxygens (including phenoxy) is 2. The molecular weight excluding hydrogens is 346 g/mol. The molecule has 0 unspecified atom stereocenters. The SMILES string of the molecule is CCOC(=O)Cc1csc2sc(-c3ccccc3)c(OC(C)=O)[n+]12. The number of benzene rings is 1. The van der Waals surface area contributed by atoms with Gasteiger partial charge >= 0.3 is 22.0 Å². The number of carbonyl (C=O) groups excluding carboxylic acids is 2. The topological polar surface area (TPSA) is 56.7 Å². The number of nitrogens with zero attached hydrogens (tertiary/aromatic N) is 1. The highest BCUT2D eigenvalue weighted by Gasteiger charge is 2.31. The second-order valence-electron chi connectivity index (χ2n) is 5.01. The van der Waals surface area contributed by atoms with E-state index in [0.29, 0.717) is 12.5 Å². The number of aromatic nitrogens is 1. The van der Waals surface area contributed by atoms with Gasteiger partial charge in [-0.25, -0.2) is 0 Å². The van der Waals surface area contributed by atoms with Crippen LogP contribution in [0.1, 0.15) is 19.5 Å². The van der Waals surface area contributed by atoms with Crippen molar-refractivity contribution in [2.24, 2.45) is 0 Å². The van der Waals surface area contributed by atoms with Gasteiger partial charge in [0.1, 0.15) is 6.42 Å². The summed E-state index contributed by atoms with van der Waals surface area (Å²) in [5.41, 5.74) is 1.72. The first-order valence-corrected chi connectivity index (χ1v) is 9.14. The zero-order valence-electron chi connectivity index (χ0n) is 13.3. The highest BCUT2D eigenvalue weighted by molar-refractivity contribution is 7.36. The van der Waals surface area contributed by atoms with Crippen LogP contribution in [0.3, 0.4) is 0 Å². The molecule has 24 heavy (non-hydrogen) atoms. The van der Waals surface area contributed by atoms with Gasteiger partial charge < -0.3 is 9.47 Å². The number of hydrogen-bond acceptors (Lipinski definition) is 6. The summed E-state index contributed by atoms with van der Waals surface area (Å²) in [5.74, 6) is -0.243. The summed E-state index contributed by atoms with van der Waals surface area (Å²) in [4.78, 5) is 24.3. The maximum atomic E-state index is 11.8. The number of carbonyl (C=O) groups is 2. The number of esters is 2. The van der Waals surface area contributed by atoms with Crippen molar-refractivity contribution in [1.29, 1.82) is 0 Å². The third-order valence-electron chi connectivity index (χ3n) is 3.26. The summed E-state index contributed by atoms with van der Waals surface area (Å²) >= 11 is 3.05. The van der Waals surface area contributed by atoms with Gasteiger partial charge in [0, 0.05) is 12.5 Å². The van der Waals surface area contributed by atoms with Crippen molar-refractivity contribution in [3.63, 3.8) is 0 Å². The third-order valence-corrected chi connectivity index (χ3v) is 5.54. The van der Waals surface area contributed by atoms with Crippen molar-refractivity contribution in [3.05, 3.63) is 41.4 Å². The second kappa shape index (κ2) is 7.11. The quantitative estimate of drug-likeness (QED) is 0.516. The van der Waals surface area contributed by atoms with E-state index in [4.69, 9.17) is 9.47 Å². The van der Waals surface area contributed by atoms with Crippen molar-refractivity contribution in [3.8, 4) is 16.3 Å². The average Bonchev–Trinajstić information content (AvgIpc) is 3.09. The van der Waals surface area contributed by atoms with Crippen molar-refractivity contribution in [2.45, 2.75) is 20.3 Å². The highest BCUT2D eigenvalue weighted by atomic mass is 32.2. The molecule has 3 aromatic rings. The van der Waals surface area contributed by atoms with Crippen molar-refractivity contribution in [2.75, 3.05) is 6.61 Å². The van der Waals surface area contributed by atoms with E-state index in [1.807, 2.05) is 40.1 Å².